The second-order valence-corrected chi connectivity index (χ2v) is 8.59. The van der Waals surface area contributed by atoms with Crippen molar-refractivity contribution in [2.75, 3.05) is 18.1 Å². The number of sulfonamides is 1. The van der Waals surface area contributed by atoms with Gasteiger partial charge in [-0.25, -0.2) is 8.42 Å². The molecule has 2 heterocycles. The highest BCUT2D eigenvalue weighted by atomic mass is 32.2. The molecule has 0 fully saturated rings. The van der Waals surface area contributed by atoms with Crippen LogP contribution in [0.25, 0.3) is 11.1 Å². The molecule has 4 rings (SSSR count). The van der Waals surface area contributed by atoms with Crippen molar-refractivity contribution >= 4 is 27.0 Å². The van der Waals surface area contributed by atoms with Crippen molar-refractivity contribution < 1.29 is 17.9 Å². The Bertz CT molecular complexity index is 1060. The van der Waals surface area contributed by atoms with Crippen molar-refractivity contribution in [1.82, 2.24) is 0 Å². The predicted octanol–water partition coefficient (Wildman–Crippen LogP) is 4.28. The third kappa shape index (κ3) is 3.04. The highest BCUT2D eigenvalue weighted by Gasteiger charge is 2.30. The maximum Gasteiger partial charge on any atom is 0.229 e. The summed E-state index contributed by atoms with van der Waals surface area (Å²) in [5.74, 6) is 1.47. The van der Waals surface area contributed by atoms with Crippen molar-refractivity contribution in [2.45, 2.75) is 6.10 Å². The molecular weight excluding hydrogens is 370 g/mol. The van der Waals surface area contributed by atoms with Crippen molar-refractivity contribution in [2.24, 2.45) is 0 Å². The monoisotopic (exact) mass is 387 g/mol. The molecule has 5 nitrogen and oxygen atoms in total. The summed E-state index contributed by atoms with van der Waals surface area (Å²) in [7, 11) is -1.74. The molecule has 26 heavy (non-hydrogen) atoms. The Balaban J connectivity index is 1.93. The summed E-state index contributed by atoms with van der Waals surface area (Å²) in [6, 6.07) is 13.2. The Morgan fingerprint density at radius 2 is 2.04 bits per heavy atom. The van der Waals surface area contributed by atoms with E-state index < -0.39 is 10.0 Å². The first kappa shape index (κ1) is 16.9. The first-order chi connectivity index (χ1) is 12.5. The molecular formula is C19H17NO4S2. The second-order valence-electron chi connectivity index (χ2n) is 6.06. The van der Waals surface area contributed by atoms with Gasteiger partial charge in [0.05, 0.1) is 18.9 Å². The highest BCUT2D eigenvalue weighted by molar-refractivity contribution is 7.92. The van der Waals surface area contributed by atoms with Crippen LogP contribution >= 0.6 is 11.3 Å². The standard InChI is InChI=1S/C19H17NO4S2/c1-23-16-4-3-5-17-18(16)14-7-6-13(20-26(2,21)22)10-15(14)19(24-17)12-8-9-25-11-12/h3-11,19-20H,1-2H3. The van der Waals surface area contributed by atoms with Gasteiger partial charge >= 0.3 is 0 Å². The fraction of sp³-hybridized carbons (Fsp3) is 0.158. The molecule has 0 aliphatic carbocycles. The number of ether oxygens (including phenoxy) is 2. The topological polar surface area (TPSA) is 64.6 Å². The summed E-state index contributed by atoms with van der Waals surface area (Å²) in [5.41, 5.74) is 4.28. The molecule has 0 saturated carbocycles. The minimum Gasteiger partial charge on any atom is -0.496 e. The van der Waals surface area contributed by atoms with E-state index in [9.17, 15) is 8.42 Å². The second kappa shape index (κ2) is 6.34. The smallest absolute Gasteiger partial charge is 0.229 e. The molecule has 1 aliphatic heterocycles. The van der Waals surface area contributed by atoms with Crippen LogP contribution in [0.2, 0.25) is 0 Å². The van der Waals surface area contributed by atoms with Crippen LogP contribution in [0, 0.1) is 0 Å². The molecule has 0 saturated heterocycles. The molecule has 0 radical (unpaired) electrons. The average molecular weight is 387 g/mol. The van der Waals surface area contributed by atoms with E-state index in [-0.39, 0.29) is 6.10 Å². The summed E-state index contributed by atoms with van der Waals surface area (Å²) in [5, 5.41) is 4.04. The Morgan fingerprint density at radius 1 is 1.19 bits per heavy atom. The fourth-order valence-corrected chi connectivity index (χ4v) is 4.42. The van der Waals surface area contributed by atoms with Gasteiger partial charge in [0.2, 0.25) is 10.0 Å². The molecule has 134 valence electrons. The largest absolute Gasteiger partial charge is 0.496 e. The number of rotatable bonds is 4. The average Bonchev–Trinajstić information content (AvgIpc) is 3.13. The third-order valence-corrected chi connectivity index (χ3v) is 5.51. The zero-order valence-corrected chi connectivity index (χ0v) is 15.9. The molecule has 0 amide bonds. The van der Waals surface area contributed by atoms with Crippen LogP contribution in [0.4, 0.5) is 5.69 Å². The van der Waals surface area contributed by atoms with Crippen LogP contribution in [-0.2, 0) is 10.0 Å². The number of anilines is 1. The number of thiophene rings is 1. The summed E-state index contributed by atoms with van der Waals surface area (Å²) >= 11 is 1.59. The van der Waals surface area contributed by atoms with E-state index in [1.807, 2.05) is 47.2 Å². The lowest BCUT2D eigenvalue weighted by Gasteiger charge is -2.30. The van der Waals surface area contributed by atoms with Crippen molar-refractivity contribution in [1.29, 1.82) is 0 Å². The van der Waals surface area contributed by atoms with Gasteiger partial charge in [-0.15, -0.1) is 0 Å². The van der Waals surface area contributed by atoms with Gasteiger partial charge in [0.1, 0.15) is 11.5 Å². The van der Waals surface area contributed by atoms with E-state index in [4.69, 9.17) is 9.47 Å². The fourth-order valence-electron chi connectivity index (χ4n) is 3.19. The van der Waals surface area contributed by atoms with Crippen molar-refractivity contribution in [3.05, 3.63) is 64.4 Å². The Morgan fingerprint density at radius 3 is 2.73 bits per heavy atom. The third-order valence-electron chi connectivity index (χ3n) is 4.21. The van der Waals surface area contributed by atoms with Gasteiger partial charge in [0, 0.05) is 16.8 Å². The van der Waals surface area contributed by atoms with Crippen LogP contribution < -0.4 is 14.2 Å². The lowest BCUT2D eigenvalue weighted by Crippen LogP contribution is -2.16. The van der Waals surface area contributed by atoms with Crippen LogP contribution in [0.15, 0.2) is 53.2 Å². The van der Waals surface area contributed by atoms with E-state index in [1.165, 1.54) is 0 Å². The first-order valence-corrected chi connectivity index (χ1v) is 10.8. The van der Waals surface area contributed by atoms with Gasteiger partial charge in [-0.2, -0.15) is 11.3 Å². The van der Waals surface area contributed by atoms with Gasteiger partial charge in [-0.05, 0) is 46.7 Å². The molecule has 7 heteroatoms. The molecule has 0 bridgehead atoms. The van der Waals surface area contributed by atoms with E-state index in [0.717, 1.165) is 40.0 Å². The minimum atomic E-state index is -3.36. The number of nitrogens with one attached hydrogen (secondary N) is 1. The van der Waals surface area contributed by atoms with Gasteiger partial charge in [-0.1, -0.05) is 12.1 Å². The number of hydrogen-bond acceptors (Lipinski definition) is 5. The van der Waals surface area contributed by atoms with Crippen LogP contribution in [0.3, 0.4) is 0 Å². The molecule has 1 aromatic heterocycles. The number of hydrogen-bond donors (Lipinski definition) is 1. The van der Waals surface area contributed by atoms with Gasteiger partial charge in [-0.3, -0.25) is 4.72 Å². The lowest BCUT2D eigenvalue weighted by atomic mass is 9.89. The lowest BCUT2D eigenvalue weighted by molar-refractivity contribution is 0.242. The van der Waals surface area contributed by atoms with E-state index in [2.05, 4.69) is 4.72 Å². The maximum atomic E-state index is 11.6. The first-order valence-electron chi connectivity index (χ1n) is 7.94. The van der Waals surface area contributed by atoms with Gasteiger partial charge in [0.15, 0.2) is 6.10 Å². The molecule has 1 atom stereocenters. The number of methoxy groups -OCH3 is 1. The zero-order valence-electron chi connectivity index (χ0n) is 14.2. The number of benzene rings is 2. The van der Waals surface area contributed by atoms with Gasteiger partial charge in [0.25, 0.3) is 0 Å². The van der Waals surface area contributed by atoms with Crippen molar-refractivity contribution in [3.63, 3.8) is 0 Å². The highest BCUT2D eigenvalue weighted by Crippen LogP contribution is 2.49. The van der Waals surface area contributed by atoms with Crippen molar-refractivity contribution in [3.8, 4) is 22.6 Å². The summed E-state index contributed by atoms with van der Waals surface area (Å²) in [6.07, 6.45) is 0.828. The summed E-state index contributed by atoms with van der Waals surface area (Å²) in [6.45, 7) is 0. The van der Waals surface area contributed by atoms with Crippen LogP contribution in [-0.4, -0.2) is 21.8 Å². The molecule has 2 aromatic carbocycles. The van der Waals surface area contributed by atoms with E-state index in [1.54, 1.807) is 24.5 Å². The Kier molecular flexibility index (Phi) is 4.13. The van der Waals surface area contributed by atoms with Crippen LogP contribution in [0.1, 0.15) is 17.2 Å². The quantitative estimate of drug-likeness (QED) is 0.726. The molecule has 1 unspecified atom stereocenters. The van der Waals surface area contributed by atoms with E-state index in [0.29, 0.717) is 5.69 Å². The van der Waals surface area contributed by atoms with Gasteiger partial charge < -0.3 is 9.47 Å². The SMILES string of the molecule is COc1cccc2c1-c1ccc(NS(C)(=O)=O)cc1C(c1ccsc1)O2. The maximum absolute atomic E-state index is 11.6. The number of fused-ring (bicyclic) bond motifs is 3. The minimum absolute atomic E-state index is 0.308. The Hall–Kier alpha value is -2.51. The molecule has 1 N–H and O–H groups in total. The van der Waals surface area contributed by atoms with Crippen LogP contribution in [0.5, 0.6) is 11.5 Å². The normalized spacial score (nSPS) is 15.5. The summed E-state index contributed by atoms with van der Waals surface area (Å²) < 4.78 is 37.6. The van der Waals surface area contributed by atoms with E-state index >= 15 is 0 Å². The molecule has 0 spiro atoms. The molecule has 1 aliphatic rings. The predicted molar refractivity (Wildman–Crippen MR) is 104 cm³/mol. The Labute approximate surface area is 156 Å². The molecule has 3 aromatic rings. The summed E-state index contributed by atoms with van der Waals surface area (Å²) in [4.78, 5) is 0. The zero-order chi connectivity index (χ0) is 18.3.